The first-order valence-electron chi connectivity index (χ1n) is 7.85. The van der Waals surface area contributed by atoms with Crippen molar-refractivity contribution >= 4 is 17.3 Å². The van der Waals surface area contributed by atoms with Crippen LogP contribution in [0.4, 0.5) is 11.4 Å². The number of nitrogens with zero attached hydrogens (tertiary/aromatic N) is 1. The Morgan fingerprint density at radius 2 is 2.05 bits per heavy atom. The Morgan fingerprint density at radius 1 is 1.33 bits per heavy atom. The average Bonchev–Trinajstić information content (AvgIpc) is 2.90. The van der Waals surface area contributed by atoms with Gasteiger partial charge in [-0.05, 0) is 51.7 Å². The summed E-state index contributed by atoms with van der Waals surface area (Å²) in [6.45, 7) is 5.43. The van der Waals surface area contributed by atoms with Gasteiger partial charge >= 0.3 is 5.97 Å². The predicted octanol–water partition coefficient (Wildman–Crippen LogP) is 3.18. The largest absolute Gasteiger partial charge is 0.461 e. The molecule has 4 nitrogen and oxygen atoms in total. The molecule has 3 rings (SSSR count). The summed E-state index contributed by atoms with van der Waals surface area (Å²) < 4.78 is 5.60. The topological polar surface area (TPSA) is 41.6 Å². The smallest absolute Gasteiger partial charge is 0.325 e. The minimum atomic E-state index is -0.102. The molecule has 114 valence electrons. The molecule has 1 aromatic rings. The fourth-order valence-electron chi connectivity index (χ4n) is 3.35. The zero-order valence-electron chi connectivity index (χ0n) is 12.9. The lowest BCUT2D eigenvalue weighted by Gasteiger charge is -2.41. The summed E-state index contributed by atoms with van der Waals surface area (Å²) in [4.78, 5) is 14.3. The van der Waals surface area contributed by atoms with Gasteiger partial charge in [0.1, 0.15) is 12.6 Å². The van der Waals surface area contributed by atoms with E-state index in [1.807, 2.05) is 12.1 Å². The second kappa shape index (κ2) is 5.58. The first-order valence-corrected chi connectivity index (χ1v) is 7.85. The van der Waals surface area contributed by atoms with E-state index in [1.54, 1.807) is 0 Å². The first kappa shape index (κ1) is 14.2. The molecule has 4 heteroatoms. The molecular weight excluding hydrogens is 264 g/mol. The molecule has 0 amide bonds. The molecule has 0 radical (unpaired) electrons. The number of carbonyl (C=O) groups is 1. The Hall–Kier alpha value is -1.71. The van der Waals surface area contributed by atoms with Crippen LogP contribution in [-0.4, -0.2) is 30.7 Å². The van der Waals surface area contributed by atoms with Crippen LogP contribution in [0.2, 0.25) is 0 Å². The molecule has 1 fully saturated rings. The van der Waals surface area contributed by atoms with Gasteiger partial charge in [0.05, 0.1) is 11.4 Å². The number of esters is 1. The molecular formula is C17H24N2O2. The van der Waals surface area contributed by atoms with E-state index in [1.165, 1.54) is 12.8 Å². The highest BCUT2D eigenvalue weighted by atomic mass is 16.5. The van der Waals surface area contributed by atoms with Crippen LogP contribution in [0.5, 0.6) is 0 Å². The molecule has 0 saturated heterocycles. The molecule has 1 saturated carbocycles. The van der Waals surface area contributed by atoms with Crippen LogP contribution in [0.25, 0.3) is 0 Å². The van der Waals surface area contributed by atoms with Crippen LogP contribution < -0.4 is 10.2 Å². The van der Waals surface area contributed by atoms with Crippen LogP contribution in [0.3, 0.4) is 0 Å². The number of carbonyl (C=O) groups excluding carboxylic acids is 1. The van der Waals surface area contributed by atoms with Gasteiger partial charge in [-0.1, -0.05) is 12.1 Å². The van der Waals surface area contributed by atoms with E-state index in [0.717, 1.165) is 30.8 Å². The maximum Gasteiger partial charge on any atom is 0.325 e. The summed E-state index contributed by atoms with van der Waals surface area (Å²) in [7, 11) is 0. The van der Waals surface area contributed by atoms with E-state index in [-0.39, 0.29) is 17.6 Å². The minimum Gasteiger partial charge on any atom is -0.461 e. The Labute approximate surface area is 126 Å². The standard InChI is InChI=1S/C17H24N2O2/c1-17(2)12-19(15-10-6-5-9-14(15)18-17)11-16(20)21-13-7-3-4-8-13/h5-6,9-10,13,18H,3-4,7-8,11-12H2,1-2H3. The molecule has 1 aromatic carbocycles. The van der Waals surface area contributed by atoms with Crippen LogP contribution in [-0.2, 0) is 9.53 Å². The highest BCUT2D eigenvalue weighted by molar-refractivity contribution is 5.81. The Morgan fingerprint density at radius 3 is 2.81 bits per heavy atom. The minimum absolute atomic E-state index is 0.0536. The van der Waals surface area contributed by atoms with Crippen LogP contribution >= 0.6 is 0 Å². The number of rotatable bonds is 3. The van der Waals surface area contributed by atoms with Crippen molar-refractivity contribution in [3.8, 4) is 0 Å². The first-order chi connectivity index (χ1) is 10.0. The highest BCUT2D eigenvalue weighted by Crippen LogP contribution is 2.34. The van der Waals surface area contributed by atoms with Gasteiger partial charge in [-0.2, -0.15) is 0 Å². The lowest BCUT2D eigenvalue weighted by molar-refractivity contribution is -0.147. The lowest BCUT2D eigenvalue weighted by Crippen LogP contribution is -2.50. The van der Waals surface area contributed by atoms with Crippen LogP contribution in [0, 0.1) is 0 Å². The molecule has 0 atom stereocenters. The van der Waals surface area contributed by atoms with Crippen molar-refractivity contribution in [2.24, 2.45) is 0 Å². The fraction of sp³-hybridized carbons (Fsp3) is 0.588. The SMILES string of the molecule is CC1(C)CN(CC(=O)OC2CCCC2)c2ccccc2N1. The number of nitrogens with one attached hydrogen (secondary N) is 1. The van der Waals surface area contributed by atoms with Crippen molar-refractivity contribution in [1.29, 1.82) is 0 Å². The van der Waals surface area contributed by atoms with Gasteiger partial charge in [0, 0.05) is 12.1 Å². The third-order valence-electron chi connectivity index (χ3n) is 4.22. The zero-order valence-corrected chi connectivity index (χ0v) is 12.9. The maximum atomic E-state index is 12.2. The van der Waals surface area contributed by atoms with Gasteiger partial charge in [0.25, 0.3) is 0 Å². The molecule has 1 N–H and O–H groups in total. The van der Waals surface area contributed by atoms with E-state index < -0.39 is 0 Å². The van der Waals surface area contributed by atoms with E-state index >= 15 is 0 Å². The summed E-state index contributed by atoms with van der Waals surface area (Å²) in [5.41, 5.74) is 2.12. The van der Waals surface area contributed by atoms with Gasteiger partial charge < -0.3 is 15.0 Å². The molecule has 21 heavy (non-hydrogen) atoms. The van der Waals surface area contributed by atoms with Crippen molar-refractivity contribution in [3.05, 3.63) is 24.3 Å². The maximum absolute atomic E-state index is 12.2. The number of para-hydroxylation sites is 2. The molecule has 2 aliphatic rings. The number of hydrogen-bond acceptors (Lipinski definition) is 4. The van der Waals surface area contributed by atoms with E-state index in [2.05, 4.69) is 36.2 Å². The fourth-order valence-corrected chi connectivity index (χ4v) is 3.35. The second-order valence-electron chi connectivity index (χ2n) is 6.78. The monoisotopic (exact) mass is 288 g/mol. The van der Waals surface area contributed by atoms with E-state index in [9.17, 15) is 4.79 Å². The van der Waals surface area contributed by atoms with Gasteiger partial charge in [-0.15, -0.1) is 0 Å². The van der Waals surface area contributed by atoms with Gasteiger partial charge in [0.2, 0.25) is 0 Å². The Kier molecular flexibility index (Phi) is 3.79. The summed E-state index contributed by atoms with van der Waals surface area (Å²) in [5, 5.41) is 3.52. The number of ether oxygens (including phenoxy) is 1. The third kappa shape index (κ3) is 3.31. The molecule has 0 aromatic heterocycles. The lowest BCUT2D eigenvalue weighted by atomic mass is 9.99. The predicted molar refractivity (Wildman–Crippen MR) is 84.7 cm³/mol. The number of fused-ring (bicyclic) bond motifs is 1. The summed E-state index contributed by atoms with van der Waals surface area (Å²) in [6, 6.07) is 8.14. The van der Waals surface area contributed by atoms with Crippen molar-refractivity contribution in [3.63, 3.8) is 0 Å². The average molecular weight is 288 g/mol. The number of benzene rings is 1. The Balaban J connectivity index is 1.70. The van der Waals surface area contributed by atoms with Crippen LogP contribution in [0.15, 0.2) is 24.3 Å². The van der Waals surface area contributed by atoms with Gasteiger partial charge in [-0.25, -0.2) is 0 Å². The Bertz CT molecular complexity index is 521. The highest BCUT2D eigenvalue weighted by Gasteiger charge is 2.31. The van der Waals surface area contributed by atoms with Crippen molar-refractivity contribution < 1.29 is 9.53 Å². The molecule has 0 unspecified atom stereocenters. The van der Waals surface area contributed by atoms with Gasteiger partial charge in [-0.3, -0.25) is 4.79 Å². The third-order valence-corrected chi connectivity index (χ3v) is 4.22. The molecule has 1 aliphatic heterocycles. The van der Waals surface area contributed by atoms with Crippen molar-refractivity contribution in [1.82, 2.24) is 0 Å². The van der Waals surface area contributed by atoms with Crippen LogP contribution in [0.1, 0.15) is 39.5 Å². The van der Waals surface area contributed by atoms with Crippen molar-refractivity contribution in [2.45, 2.75) is 51.2 Å². The summed E-state index contributed by atoms with van der Waals surface area (Å²) >= 11 is 0. The second-order valence-corrected chi connectivity index (χ2v) is 6.78. The van der Waals surface area contributed by atoms with E-state index in [4.69, 9.17) is 4.74 Å². The molecule has 0 spiro atoms. The quantitative estimate of drug-likeness (QED) is 0.867. The number of hydrogen-bond donors (Lipinski definition) is 1. The molecule has 1 aliphatic carbocycles. The molecule has 0 bridgehead atoms. The summed E-state index contributed by atoms with van der Waals surface area (Å²) in [6.07, 6.45) is 4.55. The van der Waals surface area contributed by atoms with Crippen molar-refractivity contribution in [2.75, 3.05) is 23.3 Å². The van der Waals surface area contributed by atoms with Gasteiger partial charge in [0.15, 0.2) is 0 Å². The number of anilines is 2. The zero-order chi connectivity index (χ0) is 14.9. The normalized spacial score (nSPS) is 20.8. The van der Waals surface area contributed by atoms with E-state index in [0.29, 0.717) is 6.54 Å². The molecule has 1 heterocycles. The summed E-state index contributed by atoms with van der Waals surface area (Å²) in [5.74, 6) is -0.102.